The fourth-order valence-electron chi connectivity index (χ4n) is 3.06. The fraction of sp³-hybridized carbons (Fsp3) is 0.529. The van der Waals surface area contributed by atoms with Crippen molar-refractivity contribution in [1.29, 1.82) is 0 Å². The summed E-state index contributed by atoms with van der Waals surface area (Å²) >= 11 is 0. The number of nitrogens with zero attached hydrogens (tertiary/aromatic N) is 1. The second kappa shape index (κ2) is 7.84. The van der Waals surface area contributed by atoms with E-state index in [0.29, 0.717) is 6.42 Å². The maximum Gasteiger partial charge on any atom is 0.416 e. The molecule has 0 aliphatic carbocycles. The third kappa shape index (κ3) is 4.03. The van der Waals surface area contributed by atoms with Crippen molar-refractivity contribution >= 4 is 17.9 Å². The van der Waals surface area contributed by atoms with Crippen LogP contribution in [0, 0.1) is 0 Å². The molecule has 0 fully saturated rings. The standard InChI is InChI=1S/C17H21F3N2O4/c1-4-11-9-13(21-15(23)25-3)12-8-10(17(18,19)20)6-7-14(12)22(11)16(24)26-5-2/h6-8,11,13H,4-5,9H2,1-3H3,(H,21,23)/t11?,13-/m0/s1. The molecular weight excluding hydrogens is 353 g/mol. The van der Waals surface area contributed by atoms with Crippen LogP contribution in [-0.4, -0.2) is 31.9 Å². The van der Waals surface area contributed by atoms with E-state index in [-0.39, 0.29) is 30.3 Å². The molecule has 0 saturated heterocycles. The van der Waals surface area contributed by atoms with Gasteiger partial charge in [0.1, 0.15) is 0 Å². The lowest BCUT2D eigenvalue weighted by Gasteiger charge is -2.40. The topological polar surface area (TPSA) is 67.9 Å². The van der Waals surface area contributed by atoms with Gasteiger partial charge < -0.3 is 14.8 Å². The Morgan fingerprint density at radius 1 is 1.31 bits per heavy atom. The Morgan fingerprint density at radius 3 is 2.54 bits per heavy atom. The third-order valence-corrected chi connectivity index (χ3v) is 4.28. The van der Waals surface area contributed by atoms with Gasteiger partial charge in [-0.1, -0.05) is 6.92 Å². The maximum atomic E-state index is 13.1. The summed E-state index contributed by atoms with van der Waals surface area (Å²) in [5.74, 6) is 0. The molecule has 6 nitrogen and oxygen atoms in total. The van der Waals surface area contributed by atoms with Gasteiger partial charge in [0.15, 0.2) is 0 Å². The van der Waals surface area contributed by atoms with E-state index in [1.807, 2.05) is 6.92 Å². The quantitative estimate of drug-likeness (QED) is 0.859. The molecule has 26 heavy (non-hydrogen) atoms. The first-order valence-corrected chi connectivity index (χ1v) is 8.24. The van der Waals surface area contributed by atoms with Crippen LogP contribution in [0.3, 0.4) is 0 Å². The van der Waals surface area contributed by atoms with Gasteiger partial charge >= 0.3 is 18.4 Å². The minimum atomic E-state index is -4.54. The number of benzene rings is 1. The Balaban J connectivity index is 2.55. The lowest BCUT2D eigenvalue weighted by molar-refractivity contribution is -0.137. The normalized spacial score (nSPS) is 19.5. The number of anilines is 1. The molecule has 1 N–H and O–H groups in total. The molecule has 1 unspecified atom stereocenters. The summed E-state index contributed by atoms with van der Waals surface area (Å²) in [6.45, 7) is 3.64. The fourth-order valence-corrected chi connectivity index (χ4v) is 3.06. The first-order chi connectivity index (χ1) is 12.2. The average Bonchev–Trinajstić information content (AvgIpc) is 2.60. The number of hydrogen-bond donors (Lipinski definition) is 1. The highest BCUT2D eigenvalue weighted by Gasteiger charge is 2.39. The van der Waals surface area contributed by atoms with Crippen molar-refractivity contribution < 1.29 is 32.2 Å². The summed E-state index contributed by atoms with van der Waals surface area (Å²) in [4.78, 5) is 25.3. The summed E-state index contributed by atoms with van der Waals surface area (Å²) in [7, 11) is 1.17. The molecule has 1 aliphatic heterocycles. The van der Waals surface area contributed by atoms with Gasteiger partial charge in [-0.15, -0.1) is 0 Å². The highest BCUT2D eigenvalue weighted by Crippen LogP contribution is 2.41. The monoisotopic (exact) mass is 374 g/mol. The number of fused-ring (bicyclic) bond motifs is 1. The zero-order valence-corrected chi connectivity index (χ0v) is 14.7. The van der Waals surface area contributed by atoms with Crippen LogP contribution in [0.15, 0.2) is 18.2 Å². The Labute approximate surface area is 149 Å². The number of alkyl carbamates (subject to hydrolysis) is 1. The van der Waals surface area contributed by atoms with Gasteiger partial charge in [-0.05, 0) is 43.5 Å². The Kier molecular flexibility index (Phi) is 5.99. The average molecular weight is 374 g/mol. The van der Waals surface area contributed by atoms with Crippen LogP contribution in [-0.2, 0) is 15.7 Å². The zero-order chi connectivity index (χ0) is 19.5. The number of ether oxygens (including phenoxy) is 2. The predicted octanol–water partition coefficient (Wildman–Crippen LogP) is 4.25. The Hall–Kier alpha value is -2.45. The van der Waals surface area contributed by atoms with Crippen molar-refractivity contribution in [2.45, 2.75) is 44.9 Å². The summed E-state index contributed by atoms with van der Waals surface area (Å²) < 4.78 is 49.0. The third-order valence-electron chi connectivity index (χ3n) is 4.28. The molecule has 0 radical (unpaired) electrons. The van der Waals surface area contributed by atoms with Crippen molar-refractivity contribution in [2.75, 3.05) is 18.6 Å². The molecule has 0 aromatic heterocycles. The highest BCUT2D eigenvalue weighted by atomic mass is 19.4. The van der Waals surface area contributed by atoms with E-state index >= 15 is 0 Å². The second-order valence-electron chi connectivity index (χ2n) is 5.83. The van der Waals surface area contributed by atoms with E-state index in [1.54, 1.807) is 6.92 Å². The molecule has 1 aliphatic rings. The number of methoxy groups -OCH3 is 1. The SMILES string of the molecule is CCOC(=O)N1c2ccc(C(F)(F)F)cc2[C@@H](NC(=O)OC)CC1CC. The predicted molar refractivity (Wildman–Crippen MR) is 87.9 cm³/mol. The Bertz CT molecular complexity index is 678. The minimum Gasteiger partial charge on any atom is -0.453 e. The molecule has 0 bridgehead atoms. The summed E-state index contributed by atoms with van der Waals surface area (Å²) in [5, 5.41) is 2.55. The lowest BCUT2D eigenvalue weighted by Crippen LogP contribution is -2.47. The smallest absolute Gasteiger partial charge is 0.416 e. The molecule has 1 heterocycles. The van der Waals surface area contributed by atoms with Gasteiger partial charge in [0.2, 0.25) is 0 Å². The van der Waals surface area contributed by atoms with Gasteiger partial charge in [-0.3, -0.25) is 4.90 Å². The van der Waals surface area contributed by atoms with Crippen LogP contribution in [0.5, 0.6) is 0 Å². The van der Waals surface area contributed by atoms with Crippen LogP contribution >= 0.6 is 0 Å². The molecule has 2 atom stereocenters. The van der Waals surface area contributed by atoms with Crippen LogP contribution in [0.1, 0.15) is 43.9 Å². The second-order valence-corrected chi connectivity index (χ2v) is 5.83. The van der Waals surface area contributed by atoms with Crippen LogP contribution in [0.25, 0.3) is 0 Å². The van der Waals surface area contributed by atoms with Crippen LogP contribution < -0.4 is 10.2 Å². The first-order valence-electron chi connectivity index (χ1n) is 8.24. The van der Waals surface area contributed by atoms with Gasteiger partial charge in [0.25, 0.3) is 0 Å². The number of carbonyl (C=O) groups excluding carboxylic acids is 2. The first kappa shape index (κ1) is 19.9. The van der Waals surface area contributed by atoms with E-state index in [0.717, 1.165) is 12.1 Å². The number of carbonyl (C=O) groups is 2. The number of amides is 2. The highest BCUT2D eigenvalue weighted by molar-refractivity contribution is 5.90. The largest absolute Gasteiger partial charge is 0.453 e. The molecule has 1 aromatic rings. The molecule has 0 saturated carbocycles. The van der Waals surface area contributed by atoms with Crippen molar-refractivity contribution in [3.8, 4) is 0 Å². The molecule has 144 valence electrons. The van der Waals surface area contributed by atoms with E-state index in [1.165, 1.54) is 18.1 Å². The molecule has 9 heteroatoms. The van der Waals surface area contributed by atoms with Crippen molar-refractivity contribution in [1.82, 2.24) is 5.32 Å². The van der Waals surface area contributed by atoms with Crippen LogP contribution in [0.4, 0.5) is 28.4 Å². The van der Waals surface area contributed by atoms with Crippen LogP contribution in [0.2, 0.25) is 0 Å². The maximum absolute atomic E-state index is 13.1. The van der Waals surface area contributed by atoms with E-state index in [2.05, 4.69) is 10.1 Å². The van der Waals surface area contributed by atoms with Gasteiger partial charge in [0, 0.05) is 6.04 Å². The molecular formula is C17H21F3N2O4. The molecule has 1 aromatic carbocycles. The summed E-state index contributed by atoms with van der Waals surface area (Å²) in [6, 6.07) is 2.06. The summed E-state index contributed by atoms with van der Waals surface area (Å²) in [6.07, 6.45) is -5.13. The van der Waals surface area contributed by atoms with Gasteiger partial charge in [0.05, 0.1) is 31.0 Å². The number of nitrogens with one attached hydrogen (secondary N) is 1. The van der Waals surface area contributed by atoms with Gasteiger partial charge in [-0.2, -0.15) is 13.2 Å². The van der Waals surface area contributed by atoms with Gasteiger partial charge in [-0.25, -0.2) is 9.59 Å². The lowest BCUT2D eigenvalue weighted by atomic mass is 9.89. The molecule has 2 rings (SSSR count). The van der Waals surface area contributed by atoms with E-state index in [4.69, 9.17) is 4.74 Å². The number of halogens is 3. The van der Waals surface area contributed by atoms with Crippen molar-refractivity contribution in [3.63, 3.8) is 0 Å². The zero-order valence-electron chi connectivity index (χ0n) is 14.7. The summed E-state index contributed by atoms with van der Waals surface area (Å²) in [5.41, 5.74) is -0.370. The molecule has 2 amide bonds. The molecule has 0 spiro atoms. The minimum absolute atomic E-state index is 0.144. The van der Waals surface area contributed by atoms with Crippen molar-refractivity contribution in [2.24, 2.45) is 0 Å². The van der Waals surface area contributed by atoms with E-state index < -0.39 is 30.0 Å². The Morgan fingerprint density at radius 2 is 2.00 bits per heavy atom. The number of alkyl halides is 3. The number of rotatable bonds is 3. The van der Waals surface area contributed by atoms with Crippen molar-refractivity contribution in [3.05, 3.63) is 29.3 Å². The number of hydrogen-bond acceptors (Lipinski definition) is 4. The van der Waals surface area contributed by atoms with E-state index in [9.17, 15) is 22.8 Å².